The SMILES string of the molecule is C.C.C.COC(=O)[C@@H](OC(C)(C)C)c1c(C)nc(C(=O)CC2CCC(C)CC2)c(C)c1-c1ccc(Cl)cc1.COC(=O)[C@@H](OC(C)(C)C)c1c(C)nc(C(=O)O)c(C)c1-c1ccc(Cl)cc1.COC(=O)c1nc(C)c([C@H](OC(C)(C)C)C(=O)OC)c(-c2ccc(N)cc2)c1C. The van der Waals surface area contributed by atoms with Crippen molar-refractivity contribution in [3.8, 4) is 33.4 Å². The van der Waals surface area contributed by atoms with Crippen LogP contribution in [0.3, 0.4) is 0 Å². The number of benzene rings is 3. The molecule has 520 valence electrons. The summed E-state index contributed by atoms with van der Waals surface area (Å²) in [5, 5.41) is 10.7. The molecule has 3 aromatic carbocycles. The topological polar surface area (TPSA) is 252 Å². The number of Topliss-reactive ketones (excluding diaryl/α,β-unsaturated/α-hetero) is 1. The molecule has 6 aromatic rings. The van der Waals surface area contributed by atoms with Crippen molar-refractivity contribution in [2.24, 2.45) is 11.8 Å². The molecule has 95 heavy (non-hydrogen) atoms. The molecule has 3 aromatic heterocycles. The maximum atomic E-state index is 13.5. The van der Waals surface area contributed by atoms with E-state index in [1.54, 1.807) is 76.2 Å². The van der Waals surface area contributed by atoms with Crippen LogP contribution >= 0.6 is 23.2 Å². The van der Waals surface area contributed by atoms with Crippen molar-refractivity contribution < 1.29 is 67.0 Å². The Labute approximate surface area is 573 Å². The number of carbonyl (C=O) groups is 6. The number of rotatable bonds is 17. The minimum absolute atomic E-state index is 0. The lowest BCUT2D eigenvalue weighted by Crippen LogP contribution is -2.30. The summed E-state index contributed by atoms with van der Waals surface area (Å²) in [4.78, 5) is 89.1. The molecule has 7 rings (SSSR count). The monoisotopic (exact) mass is 1350 g/mol. The summed E-state index contributed by atoms with van der Waals surface area (Å²) in [6.07, 6.45) is 1.93. The van der Waals surface area contributed by atoms with Crippen molar-refractivity contribution in [1.82, 2.24) is 15.0 Å². The van der Waals surface area contributed by atoms with Crippen molar-refractivity contribution in [2.75, 3.05) is 34.2 Å². The third kappa shape index (κ3) is 22.0. The molecule has 20 heteroatoms. The number of hydrogen-bond donors (Lipinski definition) is 2. The van der Waals surface area contributed by atoms with Crippen LogP contribution in [0.15, 0.2) is 72.8 Å². The average molecular weight is 1350 g/mol. The number of nitrogens with two attached hydrogens (primary N) is 1. The first-order chi connectivity index (χ1) is 42.9. The maximum absolute atomic E-state index is 13.5. The van der Waals surface area contributed by atoms with E-state index in [0.29, 0.717) is 95.4 Å². The number of aromatic carboxylic acids is 1. The summed E-state index contributed by atoms with van der Waals surface area (Å²) in [5.74, 6) is -2.16. The molecule has 1 saturated carbocycles. The van der Waals surface area contributed by atoms with Crippen molar-refractivity contribution in [3.05, 3.63) is 150 Å². The van der Waals surface area contributed by atoms with Crippen LogP contribution in [0.5, 0.6) is 0 Å². The lowest BCUT2D eigenvalue weighted by molar-refractivity contribution is -0.164. The highest BCUT2D eigenvalue weighted by Gasteiger charge is 2.38. The zero-order valence-corrected chi connectivity index (χ0v) is 58.3. The quantitative estimate of drug-likeness (QED) is 0.0372. The molecule has 0 aliphatic heterocycles. The van der Waals surface area contributed by atoms with Crippen LogP contribution in [0.25, 0.3) is 33.4 Å². The number of aromatic nitrogens is 3. The zero-order valence-electron chi connectivity index (χ0n) is 56.8. The van der Waals surface area contributed by atoms with Crippen molar-refractivity contribution in [3.63, 3.8) is 0 Å². The lowest BCUT2D eigenvalue weighted by atomic mass is 9.80. The van der Waals surface area contributed by atoms with Gasteiger partial charge in [-0.05, 0) is 215 Å². The number of halogens is 2. The number of pyridine rings is 3. The number of nitrogen functional groups attached to an aromatic ring is 1. The number of nitrogens with zero attached hydrogens (tertiary/aromatic N) is 3. The van der Waals surface area contributed by atoms with Gasteiger partial charge >= 0.3 is 29.8 Å². The van der Waals surface area contributed by atoms with Crippen LogP contribution in [0.1, 0.15) is 224 Å². The van der Waals surface area contributed by atoms with E-state index < -0.39 is 65.0 Å². The molecule has 0 radical (unpaired) electrons. The number of aryl methyl sites for hydroxylation is 3. The van der Waals surface area contributed by atoms with Crippen LogP contribution in [0.4, 0.5) is 5.69 Å². The number of carboxylic acid groups (broad SMARTS) is 1. The first-order valence-electron chi connectivity index (χ1n) is 30.4. The number of carboxylic acids is 1. The van der Waals surface area contributed by atoms with Crippen LogP contribution in [-0.2, 0) is 47.5 Å². The van der Waals surface area contributed by atoms with Crippen LogP contribution in [-0.4, -0.2) is 101 Å². The van der Waals surface area contributed by atoms with Gasteiger partial charge in [0.25, 0.3) is 0 Å². The first-order valence-corrected chi connectivity index (χ1v) is 31.1. The molecule has 1 aliphatic rings. The highest BCUT2D eigenvalue weighted by molar-refractivity contribution is 6.31. The van der Waals surface area contributed by atoms with Gasteiger partial charge in [-0.25, -0.2) is 38.9 Å². The van der Waals surface area contributed by atoms with E-state index in [0.717, 1.165) is 41.0 Å². The standard InChI is InChI=1S/C29H38ClNO4.C22H28N2O5.C21H24ClNO5.3CH4/c1-17-8-10-20(11-9-17)16-23(32)26-18(2)24(21-12-14-22(30)15-13-21)25(19(3)31-26)27(28(33)34-7)35-29(4,5)6;1-12-16(14-8-10-15(23)11-9-14)17(13(2)24-18(12)20(25)27-6)19(21(26)28-7)29-22(3,4)5;1-11-15(13-7-9-14(22)10-8-13)16(12(2)23-17(11)19(24)25)18(20(26)27-6)28-21(3,4)5;;;/h12-15,17,20,27H,8-11,16H2,1-7H3;8-11,19H,23H2,1-7H3;7-10,18H,1-6H3,(H,24,25);3*1H4/t17?,20?,27-;19-;18-;;;/m000.../s1. The summed E-state index contributed by atoms with van der Waals surface area (Å²) < 4.78 is 38.3. The highest BCUT2D eigenvalue weighted by Crippen LogP contribution is 2.43. The molecule has 0 spiro atoms. The van der Waals surface area contributed by atoms with Gasteiger partial charge in [0, 0.05) is 55.9 Å². The molecule has 3 heterocycles. The summed E-state index contributed by atoms with van der Waals surface area (Å²) in [6, 6.07) is 21.5. The number of esters is 4. The first kappa shape index (κ1) is 83.5. The van der Waals surface area contributed by atoms with Gasteiger partial charge in [-0.15, -0.1) is 0 Å². The van der Waals surface area contributed by atoms with Gasteiger partial charge in [-0.2, -0.15) is 0 Å². The van der Waals surface area contributed by atoms with Gasteiger partial charge < -0.3 is 44.0 Å². The maximum Gasteiger partial charge on any atom is 0.356 e. The molecule has 0 saturated heterocycles. The van der Waals surface area contributed by atoms with Gasteiger partial charge in [-0.1, -0.05) is 102 Å². The fraction of sp³-hybridized carbons (Fsp3) is 0.480. The number of hydrogen-bond acceptors (Lipinski definition) is 17. The van der Waals surface area contributed by atoms with Crippen molar-refractivity contribution in [1.29, 1.82) is 0 Å². The van der Waals surface area contributed by atoms with Gasteiger partial charge in [0.2, 0.25) is 0 Å². The van der Waals surface area contributed by atoms with Crippen molar-refractivity contribution >= 4 is 64.5 Å². The minimum Gasteiger partial charge on any atom is -0.477 e. The second-order valence-corrected chi connectivity index (χ2v) is 26.8. The van der Waals surface area contributed by atoms with Gasteiger partial charge in [-0.3, -0.25) is 4.79 Å². The Kier molecular flexibility index (Phi) is 31.1. The zero-order chi connectivity index (χ0) is 69.1. The predicted octanol–water partition coefficient (Wildman–Crippen LogP) is 17.9. The molecule has 18 nitrogen and oxygen atoms in total. The molecule has 3 N–H and O–H groups in total. The molecule has 1 fully saturated rings. The number of carbonyl (C=O) groups excluding carboxylic acids is 5. The van der Waals surface area contributed by atoms with E-state index in [1.165, 1.54) is 41.3 Å². The third-order valence-corrected chi connectivity index (χ3v) is 15.9. The molecule has 0 bridgehead atoms. The Hall–Kier alpha value is -7.61. The Bertz CT molecular complexity index is 3640. The fourth-order valence-electron chi connectivity index (χ4n) is 11.1. The summed E-state index contributed by atoms with van der Waals surface area (Å²) >= 11 is 12.2. The van der Waals surface area contributed by atoms with E-state index >= 15 is 0 Å². The number of anilines is 1. The predicted molar refractivity (Wildman–Crippen MR) is 377 cm³/mol. The fourth-order valence-corrected chi connectivity index (χ4v) is 11.4. The Morgan fingerprint density at radius 1 is 0.484 bits per heavy atom. The number of ketones is 1. The molecule has 3 atom stereocenters. The van der Waals surface area contributed by atoms with Crippen LogP contribution < -0.4 is 5.73 Å². The van der Waals surface area contributed by atoms with E-state index in [1.807, 2.05) is 100 Å². The summed E-state index contributed by atoms with van der Waals surface area (Å²) in [6.45, 7) is 29.5. The molecule has 1 aliphatic carbocycles. The second kappa shape index (κ2) is 35.4. The Morgan fingerprint density at radius 2 is 0.779 bits per heavy atom. The third-order valence-electron chi connectivity index (χ3n) is 15.4. The summed E-state index contributed by atoms with van der Waals surface area (Å²) in [7, 11) is 5.24. The summed E-state index contributed by atoms with van der Waals surface area (Å²) in [5.41, 5.74) is 14.3. The van der Waals surface area contributed by atoms with Gasteiger partial charge in [0.1, 0.15) is 5.69 Å². The van der Waals surface area contributed by atoms with Crippen molar-refractivity contribution in [2.45, 2.75) is 200 Å². The second-order valence-electron chi connectivity index (χ2n) is 26.0. The number of methoxy groups -OCH3 is 4. The molecular formula is C75H102Cl2N4O14. The van der Waals surface area contributed by atoms with E-state index in [2.05, 4.69) is 16.9 Å². The smallest absolute Gasteiger partial charge is 0.356 e. The van der Waals surface area contributed by atoms with Gasteiger partial charge in [0.05, 0.1) is 45.2 Å². The van der Waals surface area contributed by atoms with Crippen LogP contribution in [0.2, 0.25) is 10.0 Å². The average Bonchev–Trinajstić information content (AvgIpc) is 0.778. The van der Waals surface area contributed by atoms with Gasteiger partial charge in [0.15, 0.2) is 35.5 Å². The Balaban J connectivity index is 0.000000481. The molecular weight excluding hydrogens is 1250 g/mol. The van der Waals surface area contributed by atoms with E-state index in [4.69, 9.17) is 67.1 Å². The van der Waals surface area contributed by atoms with E-state index in [9.17, 15) is 33.9 Å². The van der Waals surface area contributed by atoms with E-state index in [-0.39, 0.29) is 39.5 Å². The normalized spacial score (nSPS) is 14.6. The molecule has 0 unspecified atom stereocenters. The number of ether oxygens (including phenoxy) is 7. The molecule has 0 amide bonds. The Morgan fingerprint density at radius 3 is 1.08 bits per heavy atom. The lowest BCUT2D eigenvalue weighted by Gasteiger charge is -2.30. The highest BCUT2D eigenvalue weighted by atomic mass is 35.5. The van der Waals surface area contributed by atoms with Crippen LogP contribution in [0, 0.1) is 53.4 Å². The largest absolute Gasteiger partial charge is 0.477 e. The minimum atomic E-state index is -1.14.